The maximum absolute atomic E-state index is 6.17. The second-order valence-electron chi connectivity index (χ2n) is 5.63. The summed E-state index contributed by atoms with van der Waals surface area (Å²) in [4.78, 5) is 0. The van der Waals surface area contributed by atoms with Crippen molar-refractivity contribution in [1.82, 2.24) is 5.32 Å². The second-order valence-corrected chi connectivity index (χ2v) is 6.06. The van der Waals surface area contributed by atoms with Gasteiger partial charge in [0.1, 0.15) is 0 Å². The molecule has 0 atom stereocenters. The highest BCUT2D eigenvalue weighted by Gasteiger charge is 2.18. The summed E-state index contributed by atoms with van der Waals surface area (Å²) in [5, 5.41) is 4.28. The van der Waals surface area contributed by atoms with Gasteiger partial charge in [0.15, 0.2) is 11.5 Å². The third-order valence-electron chi connectivity index (χ3n) is 3.61. The highest BCUT2D eigenvalue weighted by atomic mass is 35.5. The molecule has 1 aliphatic rings. The Morgan fingerprint density at radius 2 is 2.00 bits per heavy atom. The summed E-state index contributed by atoms with van der Waals surface area (Å²) in [5.41, 5.74) is 1.06. The van der Waals surface area contributed by atoms with Crippen molar-refractivity contribution in [2.45, 2.75) is 58.2 Å². The Morgan fingerprint density at radius 3 is 2.60 bits per heavy atom. The number of hydrogen-bond acceptors (Lipinski definition) is 3. The number of rotatable bonds is 6. The normalized spacial score (nSPS) is 15.8. The van der Waals surface area contributed by atoms with Crippen LogP contribution in [0.5, 0.6) is 11.5 Å². The maximum atomic E-state index is 6.17. The molecule has 0 saturated heterocycles. The summed E-state index contributed by atoms with van der Waals surface area (Å²) in [6.07, 6.45) is 5.28. The molecule has 1 aromatic rings. The van der Waals surface area contributed by atoms with Crippen LogP contribution >= 0.6 is 11.6 Å². The van der Waals surface area contributed by atoms with Gasteiger partial charge >= 0.3 is 0 Å². The number of ether oxygens (including phenoxy) is 2. The third kappa shape index (κ3) is 4.03. The fraction of sp³-hybridized carbons (Fsp3) is 0.625. The molecule has 4 heteroatoms. The van der Waals surface area contributed by atoms with Crippen LogP contribution in [0.1, 0.15) is 45.1 Å². The van der Waals surface area contributed by atoms with E-state index in [2.05, 4.69) is 5.32 Å². The number of benzene rings is 1. The van der Waals surface area contributed by atoms with Crippen LogP contribution in [-0.2, 0) is 6.54 Å². The van der Waals surface area contributed by atoms with E-state index in [1.807, 2.05) is 19.9 Å². The van der Waals surface area contributed by atoms with Gasteiger partial charge in [0.05, 0.1) is 13.2 Å². The van der Waals surface area contributed by atoms with E-state index in [1.165, 1.54) is 25.7 Å². The number of nitrogens with one attached hydrogen (secondary N) is 1. The van der Waals surface area contributed by atoms with Crippen LogP contribution in [-0.4, -0.2) is 19.3 Å². The largest absolute Gasteiger partial charge is 0.493 e. The van der Waals surface area contributed by atoms with Crippen LogP contribution in [0, 0.1) is 0 Å². The van der Waals surface area contributed by atoms with Gasteiger partial charge in [-0.05, 0) is 32.8 Å². The third-order valence-corrected chi connectivity index (χ3v) is 3.82. The lowest BCUT2D eigenvalue weighted by atomic mass is 10.1. The van der Waals surface area contributed by atoms with Crippen LogP contribution < -0.4 is 14.8 Å². The molecular weight excluding hydrogens is 274 g/mol. The Labute approximate surface area is 126 Å². The molecular formula is C16H24ClNO2. The van der Waals surface area contributed by atoms with Gasteiger partial charge in [-0.15, -0.1) is 0 Å². The predicted octanol–water partition coefficient (Wildman–Crippen LogP) is 4.17. The van der Waals surface area contributed by atoms with Crippen LogP contribution in [0.25, 0.3) is 0 Å². The van der Waals surface area contributed by atoms with Gasteiger partial charge in [0.25, 0.3) is 0 Å². The fourth-order valence-corrected chi connectivity index (χ4v) is 2.89. The molecule has 1 aromatic carbocycles. The smallest absolute Gasteiger partial charge is 0.166 e. The minimum absolute atomic E-state index is 0.107. The molecule has 0 aliphatic heterocycles. The Hall–Kier alpha value is -0.930. The van der Waals surface area contributed by atoms with E-state index in [0.29, 0.717) is 16.8 Å². The standard InChI is InChI=1S/C16H24ClNO2/c1-11(2)20-16-12(8-13(17)9-15(16)19-3)10-18-14-6-4-5-7-14/h8-9,11,14,18H,4-7,10H2,1-3H3. The quantitative estimate of drug-likeness (QED) is 0.855. The molecule has 20 heavy (non-hydrogen) atoms. The Kier molecular flexibility index (Phi) is 5.55. The van der Waals surface area contributed by atoms with Crippen molar-refractivity contribution in [2.24, 2.45) is 0 Å². The molecule has 1 aliphatic carbocycles. The molecule has 1 N–H and O–H groups in total. The first-order chi connectivity index (χ1) is 9.60. The van der Waals surface area contributed by atoms with E-state index in [-0.39, 0.29) is 6.10 Å². The molecule has 112 valence electrons. The summed E-state index contributed by atoms with van der Waals surface area (Å²) in [7, 11) is 1.65. The minimum atomic E-state index is 0.107. The molecule has 0 radical (unpaired) electrons. The van der Waals surface area contributed by atoms with Crippen LogP contribution in [0.2, 0.25) is 5.02 Å². The van der Waals surface area contributed by atoms with E-state index < -0.39 is 0 Å². The molecule has 0 spiro atoms. The zero-order chi connectivity index (χ0) is 14.5. The number of methoxy groups -OCH3 is 1. The van der Waals surface area contributed by atoms with Crippen molar-refractivity contribution in [3.63, 3.8) is 0 Å². The molecule has 3 nitrogen and oxygen atoms in total. The zero-order valence-corrected chi connectivity index (χ0v) is 13.3. The van der Waals surface area contributed by atoms with Crippen molar-refractivity contribution in [3.8, 4) is 11.5 Å². The number of hydrogen-bond donors (Lipinski definition) is 1. The lowest BCUT2D eigenvalue weighted by molar-refractivity contribution is 0.227. The van der Waals surface area contributed by atoms with Crippen molar-refractivity contribution < 1.29 is 9.47 Å². The monoisotopic (exact) mass is 297 g/mol. The first-order valence-electron chi connectivity index (χ1n) is 7.36. The molecule has 0 amide bonds. The molecule has 1 saturated carbocycles. The summed E-state index contributed by atoms with van der Waals surface area (Å²) >= 11 is 6.17. The molecule has 2 rings (SSSR count). The Morgan fingerprint density at radius 1 is 1.30 bits per heavy atom. The van der Waals surface area contributed by atoms with E-state index in [1.54, 1.807) is 13.2 Å². The summed E-state index contributed by atoms with van der Waals surface area (Å²) in [6, 6.07) is 4.38. The molecule has 0 aromatic heterocycles. The molecule has 0 unspecified atom stereocenters. The topological polar surface area (TPSA) is 30.5 Å². The summed E-state index contributed by atoms with van der Waals surface area (Å²) in [5.74, 6) is 1.51. The van der Waals surface area contributed by atoms with Gasteiger partial charge in [0.2, 0.25) is 0 Å². The van der Waals surface area contributed by atoms with Crippen molar-refractivity contribution >= 4 is 11.6 Å². The van der Waals surface area contributed by atoms with E-state index in [0.717, 1.165) is 17.9 Å². The van der Waals surface area contributed by atoms with Crippen molar-refractivity contribution in [1.29, 1.82) is 0 Å². The van der Waals surface area contributed by atoms with Crippen LogP contribution in [0.15, 0.2) is 12.1 Å². The highest BCUT2D eigenvalue weighted by Crippen LogP contribution is 2.35. The first kappa shape index (κ1) is 15.5. The van der Waals surface area contributed by atoms with Gasteiger partial charge in [-0.2, -0.15) is 0 Å². The average Bonchev–Trinajstić information content (AvgIpc) is 2.91. The zero-order valence-electron chi connectivity index (χ0n) is 12.5. The van der Waals surface area contributed by atoms with Gasteiger partial charge in [0, 0.05) is 29.2 Å². The van der Waals surface area contributed by atoms with Crippen molar-refractivity contribution in [2.75, 3.05) is 7.11 Å². The molecule has 0 heterocycles. The van der Waals surface area contributed by atoms with Crippen LogP contribution in [0.4, 0.5) is 0 Å². The van der Waals surface area contributed by atoms with E-state index in [9.17, 15) is 0 Å². The van der Waals surface area contributed by atoms with Crippen molar-refractivity contribution in [3.05, 3.63) is 22.7 Å². The summed E-state index contributed by atoms with van der Waals surface area (Å²) < 4.78 is 11.3. The van der Waals surface area contributed by atoms with E-state index in [4.69, 9.17) is 21.1 Å². The SMILES string of the molecule is COc1cc(Cl)cc(CNC2CCCC2)c1OC(C)C. The summed E-state index contributed by atoms with van der Waals surface area (Å²) in [6.45, 7) is 4.80. The van der Waals surface area contributed by atoms with E-state index >= 15 is 0 Å². The maximum Gasteiger partial charge on any atom is 0.166 e. The number of halogens is 1. The molecule has 1 fully saturated rings. The van der Waals surface area contributed by atoms with Crippen LogP contribution in [0.3, 0.4) is 0 Å². The van der Waals surface area contributed by atoms with Gasteiger partial charge < -0.3 is 14.8 Å². The first-order valence-corrected chi connectivity index (χ1v) is 7.74. The fourth-order valence-electron chi connectivity index (χ4n) is 2.66. The Balaban J connectivity index is 2.16. The second kappa shape index (κ2) is 7.19. The van der Waals surface area contributed by atoms with Gasteiger partial charge in [-0.1, -0.05) is 24.4 Å². The molecule has 0 bridgehead atoms. The van der Waals surface area contributed by atoms with Gasteiger partial charge in [-0.3, -0.25) is 0 Å². The Bertz CT molecular complexity index is 442. The highest BCUT2D eigenvalue weighted by molar-refractivity contribution is 6.30. The lowest BCUT2D eigenvalue weighted by Gasteiger charge is -2.19. The van der Waals surface area contributed by atoms with Gasteiger partial charge in [-0.25, -0.2) is 0 Å². The predicted molar refractivity (Wildman–Crippen MR) is 82.9 cm³/mol. The lowest BCUT2D eigenvalue weighted by Crippen LogP contribution is -2.25. The minimum Gasteiger partial charge on any atom is -0.493 e. The average molecular weight is 298 g/mol.